The molecule has 0 radical (unpaired) electrons. The van der Waals surface area contributed by atoms with Gasteiger partial charge < -0.3 is 28.4 Å². The molecular formula is C19H32O6. The van der Waals surface area contributed by atoms with Crippen LogP contribution in [-0.4, -0.2) is 40.2 Å². The molecular weight excluding hydrogens is 324 g/mol. The Labute approximate surface area is 151 Å². The number of methoxy groups -OCH3 is 3. The van der Waals surface area contributed by atoms with Gasteiger partial charge in [-0.2, -0.15) is 0 Å². The molecule has 0 aliphatic rings. The molecule has 0 saturated carbocycles. The monoisotopic (exact) mass is 356 g/mol. The minimum atomic E-state index is -0.463. The normalized spacial score (nSPS) is 16.0. The molecule has 4 unspecified atom stereocenters. The van der Waals surface area contributed by atoms with Gasteiger partial charge in [-0.05, 0) is 50.8 Å². The van der Waals surface area contributed by atoms with Crippen LogP contribution in [0.1, 0.15) is 52.5 Å². The molecule has 0 heterocycles. The van der Waals surface area contributed by atoms with Gasteiger partial charge in [-0.3, -0.25) is 0 Å². The Kier molecular flexibility index (Phi) is 9.03. The van der Waals surface area contributed by atoms with Gasteiger partial charge in [-0.1, -0.05) is 13.8 Å². The van der Waals surface area contributed by atoms with Crippen molar-refractivity contribution in [2.45, 2.75) is 65.8 Å². The maximum atomic E-state index is 5.91. The average Bonchev–Trinajstić information content (AvgIpc) is 2.62. The summed E-state index contributed by atoms with van der Waals surface area (Å²) in [6.45, 7) is 9.73. The first-order valence-electron chi connectivity index (χ1n) is 8.62. The molecule has 1 aromatic rings. The molecule has 144 valence electrons. The predicted octanol–water partition coefficient (Wildman–Crippen LogP) is 4.31. The SMILES string of the molecule is CCC(C)c1cc(OC(C)OC)c(OC(C)OC)c(OC(C)OC)c1. The summed E-state index contributed by atoms with van der Waals surface area (Å²) in [5.74, 6) is 1.91. The van der Waals surface area contributed by atoms with Gasteiger partial charge in [-0.15, -0.1) is 0 Å². The summed E-state index contributed by atoms with van der Waals surface area (Å²) in [6, 6.07) is 3.93. The number of hydrogen-bond acceptors (Lipinski definition) is 6. The van der Waals surface area contributed by atoms with Crippen molar-refractivity contribution >= 4 is 0 Å². The van der Waals surface area contributed by atoms with Crippen LogP contribution in [0.5, 0.6) is 17.2 Å². The lowest BCUT2D eigenvalue weighted by atomic mass is 9.98. The molecule has 6 heteroatoms. The van der Waals surface area contributed by atoms with Crippen molar-refractivity contribution in [1.82, 2.24) is 0 Å². The largest absolute Gasteiger partial charge is 0.461 e. The van der Waals surface area contributed by atoms with Gasteiger partial charge in [0.25, 0.3) is 0 Å². The van der Waals surface area contributed by atoms with Crippen LogP contribution >= 0.6 is 0 Å². The Balaban J connectivity index is 3.40. The number of hydrogen-bond donors (Lipinski definition) is 0. The summed E-state index contributed by atoms with van der Waals surface area (Å²) >= 11 is 0. The second-order valence-corrected chi connectivity index (χ2v) is 5.92. The first-order chi connectivity index (χ1) is 11.9. The van der Waals surface area contributed by atoms with Gasteiger partial charge in [0.1, 0.15) is 0 Å². The molecule has 25 heavy (non-hydrogen) atoms. The third-order valence-corrected chi connectivity index (χ3v) is 4.09. The third kappa shape index (κ3) is 6.38. The molecule has 6 nitrogen and oxygen atoms in total. The second-order valence-electron chi connectivity index (χ2n) is 5.92. The van der Waals surface area contributed by atoms with Crippen molar-refractivity contribution in [3.8, 4) is 17.2 Å². The highest BCUT2D eigenvalue weighted by Gasteiger charge is 2.22. The Morgan fingerprint density at radius 1 is 0.720 bits per heavy atom. The fourth-order valence-electron chi connectivity index (χ4n) is 2.08. The first-order valence-corrected chi connectivity index (χ1v) is 8.62. The lowest BCUT2D eigenvalue weighted by Gasteiger charge is -2.24. The quantitative estimate of drug-likeness (QED) is 0.551. The molecule has 0 N–H and O–H groups in total. The zero-order valence-electron chi connectivity index (χ0n) is 16.6. The number of ether oxygens (including phenoxy) is 6. The molecule has 0 fully saturated rings. The average molecular weight is 356 g/mol. The van der Waals surface area contributed by atoms with Crippen molar-refractivity contribution in [1.29, 1.82) is 0 Å². The van der Waals surface area contributed by atoms with Crippen LogP contribution < -0.4 is 14.2 Å². The fraction of sp³-hybridized carbons (Fsp3) is 0.684. The van der Waals surface area contributed by atoms with Crippen molar-refractivity contribution in [2.75, 3.05) is 21.3 Å². The summed E-state index contributed by atoms with van der Waals surface area (Å²) in [6.07, 6.45) is -0.331. The smallest absolute Gasteiger partial charge is 0.206 e. The van der Waals surface area contributed by atoms with Crippen molar-refractivity contribution in [3.05, 3.63) is 17.7 Å². The van der Waals surface area contributed by atoms with Gasteiger partial charge in [0.05, 0.1) is 0 Å². The molecule has 0 saturated heterocycles. The molecule has 0 aliphatic carbocycles. The highest BCUT2D eigenvalue weighted by molar-refractivity contribution is 5.54. The third-order valence-electron chi connectivity index (χ3n) is 4.09. The van der Waals surface area contributed by atoms with E-state index in [0.29, 0.717) is 23.2 Å². The maximum Gasteiger partial charge on any atom is 0.206 e. The van der Waals surface area contributed by atoms with E-state index in [-0.39, 0.29) is 0 Å². The van der Waals surface area contributed by atoms with E-state index in [1.165, 1.54) is 0 Å². The predicted molar refractivity (Wildman–Crippen MR) is 96.4 cm³/mol. The molecule has 1 rings (SSSR count). The summed E-state index contributed by atoms with van der Waals surface area (Å²) in [5, 5.41) is 0. The second kappa shape index (κ2) is 10.5. The van der Waals surface area contributed by atoms with Gasteiger partial charge in [-0.25, -0.2) is 0 Å². The molecule has 0 spiro atoms. The Morgan fingerprint density at radius 3 is 1.48 bits per heavy atom. The van der Waals surface area contributed by atoms with E-state index in [0.717, 1.165) is 12.0 Å². The minimum Gasteiger partial charge on any atom is -0.461 e. The maximum absolute atomic E-state index is 5.91. The van der Waals surface area contributed by atoms with Gasteiger partial charge in [0, 0.05) is 21.3 Å². The van der Waals surface area contributed by atoms with Crippen LogP contribution in [0, 0.1) is 0 Å². The summed E-state index contributed by atoms with van der Waals surface area (Å²) in [5.41, 5.74) is 1.09. The van der Waals surface area contributed by atoms with E-state index in [2.05, 4.69) is 13.8 Å². The van der Waals surface area contributed by atoms with E-state index in [1.807, 2.05) is 26.0 Å². The number of rotatable bonds is 11. The van der Waals surface area contributed by atoms with Crippen LogP contribution in [0.15, 0.2) is 12.1 Å². The summed E-state index contributed by atoms with van der Waals surface area (Å²) < 4.78 is 33.4. The number of benzene rings is 1. The van der Waals surface area contributed by atoms with Crippen LogP contribution in [0.4, 0.5) is 0 Å². The van der Waals surface area contributed by atoms with Crippen LogP contribution in [0.25, 0.3) is 0 Å². The van der Waals surface area contributed by atoms with Gasteiger partial charge >= 0.3 is 0 Å². The van der Waals surface area contributed by atoms with Crippen molar-refractivity contribution < 1.29 is 28.4 Å². The first kappa shape index (κ1) is 21.5. The molecule has 1 aromatic carbocycles. The molecule has 0 aliphatic heterocycles. The van der Waals surface area contributed by atoms with E-state index in [1.54, 1.807) is 28.3 Å². The zero-order chi connectivity index (χ0) is 19.0. The highest BCUT2D eigenvalue weighted by atomic mass is 16.7. The van der Waals surface area contributed by atoms with Crippen LogP contribution in [0.3, 0.4) is 0 Å². The molecule has 0 bridgehead atoms. The molecule has 0 aromatic heterocycles. The summed E-state index contributed by atoms with van der Waals surface area (Å²) in [7, 11) is 4.76. The fourth-order valence-corrected chi connectivity index (χ4v) is 2.08. The van der Waals surface area contributed by atoms with Gasteiger partial charge in [0.15, 0.2) is 30.4 Å². The van der Waals surface area contributed by atoms with Crippen LogP contribution in [0.2, 0.25) is 0 Å². The van der Waals surface area contributed by atoms with E-state index in [9.17, 15) is 0 Å². The minimum absolute atomic E-state index is 0.342. The standard InChI is InChI=1S/C19H32O6/c1-9-12(2)16-10-17(23-13(3)20-6)19(25-15(5)22-8)18(11-16)24-14(4)21-7/h10-15H,9H2,1-8H3. The highest BCUT2D eigenvalue weighted by Crippen LogP contribution is 2.42. The Hall–Kier alpha value is -1.50. The Morgan fingerprint density at radius 2 is 1.12 bits per heavy atom. The van der Waals surface area contributed by atoms with Crippen molar-refractivity contribution in [3.63, 3.8) is 0 Å². The lowest BCUT2D eigenvalue weighted by Crippen LogP contribution is -2.20. The summed E-state index contributed by atoms with van der Waals surface area (Å²) in [4.78, 5) is 0. The lowest BCUT2D eigenvalue weighted by molar-refractivity contribution is -0.0645. The van der Waals surface area contributed by atoms with Gasteiger partial charge in [0.2, 0.25) is 5.75 Å². The Bertz CT molecular complexity index is 486. The molecule has 4 atom stereocenters. The zero-order valence-corrected chi connectivity index (χ0v) is 16.6. The molecule has 0 amide bonds. The van der Waals surface area contributed by atoms with E-state index < -0.39 is 18.9 Å². The van der Waals surface area contributed by atoms with Crippen molar-refractivity contribution in [2.24, 2.45) is 0 Å². The van der Waals surface area contributed by atoms with E-state index in [4.69, 9.17) is 28.4 Å². The topological polar surface area (TPSA) is 55.4 Å². The van der Waals surface area contributed by atoms with E-state index >= 15 is 0 Å². The van der Waals surface area contributed by atoms with Crippen LogP contribution in [-0.2, 0) is 14.2 Å².